The second-order valence-electron chi connectivity index (χ2n) is 5.20. The predicted octanol–water partition coefficient (Wildman–Crippen LogP) is 5.09. The summed E-state index contributed by atoms with van der Waals surface area (Å²) in [7, 11) is 0. The van der Waals surface area contributed by atoms with Crippen LogP contribution in [0.15, 0.2) is 54.6 Å². The molecule has 0 aliphatic heterocycles. The number of nitriles is 1. The van der Waals surface area contributed by atoms with Crippen molar-refractivity contribution in [3.8, 4) is 6.07 Å². The first-order chi connectivity index (χ1) is 12.1. The average molecular weight is 371 g/mol. The van der Waals surface area contributed by atoms with Gasteiger partial charge in [-0.3, -0.25) is 4.79 Å². The summed E-state index contributed by atoms with van der Waals surface area (Å²) in [5, 5.41) is 13.2. The number of halogens is 2. The number of nitrogens with one attached hydrogen (secondary N) is 1. The summed E-state index contributed by atoms with van der Waals surface area (Å²) >= 11 is 7.78. The molecule has 3 nitrogen and oxygen atoms in total. The Morgan fingerprint density at radius 3 is 2.68 bits per heavy atom. The van der Waals surface area contributed by atoms with E-state index in [2.05, 4.69) is 5.32 Å². The van der Waals surface area contributed by atoms with E-state index in [1.807, 2.05) is 30.3 Å². The minimum atomic E-state index is -1.06. The van der Waals surface area contributed by atoms with Crippen LogP contribution in [0.5, 0.6) is 0 Å². The van der Waals surface area contributed by atoms with Crippen LogP contribution in [0, 0.1) is 17.1 Å². The van der Waals surface area contributed by atoms with Crippen molar-refractivity contribution in [3.05, 3.63) is 75.9 Å². The zero-order valence-electron chi connectivity index (χ0n) is 12.9. The van der Waals surface area contributed by atoms with Gasteiger partial charge in [0, 0.05) is 26.6 Å². The van der Waals surface area contributed by atoms with Crippen LogP contribution >= 0.6 is 22.9 Å². The fourth-order valence-electron chi connectivity index (χ4n) is 2.37. The van der Waals surface area contributed by atoms with E-state index in [-0.39, 0.29) is 5.56 Å². The minimum Gasteiger partial charge on any atom is -0.333 e. The summed E-state index contributed by atoms with van der Waals surface area (Å²) < 4.78 is 14.8. The highest BCUT2D eigenvalue weighted by Crippen LogP contribution is 2.35. The van der Waals surface area contributed by atoms with Gasteiger partial charge in [-0.1, -0.05) is 48.0 Å². The molecule has 0 spiro atoms. The van der Waals surface area contributed by atoms with E-state index in [9.17, 15) is 14.4 Å². The Kier molecular flexibility index (Phi) is 5.13. The normalized spacial score (nSPS) is 12.2. The molecule has 1 heterocycles. The monoisotopic (exact) mass is 370 g/mol. The number of amides is 1. The molecule has 2 aromatic carbocycles. The molecule has 0 fully saturated rings. The Morgan fingerprint density at radius 1 is 1.24 bits per heavy atom. The van der Waals surface area contributed by atoms with Crippen LogP contribution in [-0.2, 0) is 4.79 Å². The minimum absolute atomic E-state index is 0.131. The lowest BCUT2D eigenvalue weighted by Gasteiger charge is -2.10. The van der Waals surface area contributed by atoms with Gasteiger partial charge in [-0.05, 0) is 18.2 Å². The van der Waals surface area contributed by atoms with E-state index < -0.39 is 17.8 Å². The van der Waals surface area contributed by atoms with Crippen LogP contribution in [0.3, 0.4) is 0 Å². The lowest BCUT2D eigenvalue weighted by Crippen LogP contribution is -2.26. The highest BCUT2D eigenvalue weighted by molar-refractivity contribution is 7.20. The van der Waals surface area contributed by atoms with Crippen molar-refractivity contribution in [3.63, 3.8) is 0 Å². The van der Waals surface area contributed by atoms with Crippen molar-refractivity contribution in [2.24, 2.45) is 0 Å². The Bertz CT molecular complexity index is 1010. The lowest BCUT2D eigenvalue weighted by molar-refractivity contribution is -0.116. The van der Waals surface area contributed by atoms with Crippen LogP contribution in [0.25, 0.3) is 16.2 Å². The molecule has 3 rings (SSSR count). The number of hydrogen-bond donors (Lipinski definition) is 1. The molecule has 0 saturated heterocycles. The number of thiophene rings is 1. The Balaban J connectivity index is 1.77. The molecule has 0 radical (unpaired) electrons. The highest BCUT2D eigenvalue weighted by Gasteiger charge is 2.16. The van der Waals surface area contributed by atoms with Crippen LogP contribution < -0.4 is 5.32 Å². The summed E-state index contributed by atoms with van der Waals surface area (Å²) in [6.45, 7) is 0. The van der Waals surface area contributed by atoms with Gasteiger partial charge in [0.2, 0.25) is 5.91 Å². The molecule has 1 aromatic heterocycles. The van der Waals surface area contributed by atoms with Crippen LogP contribution in [0.4, 0.5) is 4.39 Å². The zero-order valence-corrected chi connectivity index (χ0v) is 14.4. The molecule has 1 N–H and O–H groups in total. The summed E-state index contributed by atoms with van der Waals surface area (Å²) in [4.78, 5) is 12.8. The largest absolute Gasteiger partial charge is 0.333 e. The van der Waals surface area contributed by atoms with Gasteiger partial charge in [-0.2, -0.15) is 5.26 Å². The first kappa shape index (κ1) is 17.2. The molecule has 3 aromatic rings. The van der Waals surface area contributed by atoms with Gasteiger partial charge in [-0.15, -0.1) is 11.3 Å². The van der Waals surface area contributed by atoms with Crippen molar-refractivity contribution in [2.75, 3.05) is 0 Å². The first-order valence-corrected chi connectivity index (χ1v) is 8.59. The predicted molar refractivity (Wildman–Crippen MR) is 98.8 cm³/mol. The zero-order chi connectivity index (χ0) is 17.8. The van der Waals surface area contributed by atoms with Gasteiger partial charge in [0.05, 0.1) is 11.1 Å². The second kappa shape index (κ2) is 7.47. The Hall–Kier alpha value is -2.68. The quantitative estimate of drug-likeness (QED) is 0.650. The molecular weight excluding hydrogens is 359 g/mol. The van der Waals surface area contributed by atoms with Crippen molar-refractivity contribution in [2.45, 2.75) is 6.04 Å². The molecule has 0 bridgehead atoms. The molecule has 25 heavy (non-hydrogen) atoms. The topological polar surface area (TPSA) is 52.9 Å². The molecule has 0 saturated carbocycles. The standard InChI is InChI=1S/C19H12ClFN2OS/c20-19-13-6-2-4-8-16(13)25-17(19)9-10-18(24)23-15(11-22)12-5-1-3-7-14(12)21/h1-10,15H,(H,23,24)/b10-9+. The molecule has 1 unspecified atom stereocenters. The van der Waals surface area contributed by atoms with Gasteiger partial charge in [0.1, 0.15) is 11.9 Å². The molecule has 1 atom stereocenters. The van der Waals surface area contributed by atoms with Crippen LogP contribution in [0.1, 0.15) is 16.5 Å². The number of nitrogens with zero attached hydrogens (tertiary/aromatic N) is 1. The average Bonchev–Trinajstić information content (AvgIpc) is 2.95. The SMILES string of the molecule is N#CC(NC(=O)/C=C/c1sc2ccccc2c1Cl)c1ccccc1F. The third-order valence-corrected chi connectivity index (χ3v) is 5.23. The number of fused-ring (bicyclic) bond motifs is 1. The van der Waals surface area contributed by atoms with E-state index in [1.54, 1.807) is 12.1 Å². The smallest absolute Gasteiger partial charge is 0.245 e. The molecule has 6 heteroatoms. The number of carbonyl (C=O) groups is 1. The third-order valence-electron chi connectivity index (χ3n) is 3.58. The van der Waals surface area contributed by atoms with E-state index in [4.69, 9.17) is 11.6 Å². The third kappa shape index (κ3) is 3.71. The first-order valence-electron chi connectivity index (χ1n) is 7.40. The van der Waals surface area contributed by atoms with E-state index in [0.29, 0.717) is 5.02 Å². The lowest BCUT2D eigenvalue weighted by atomic mass is 10.1. The number of rotatable bonds is 4. The summed E-state index contributed by atoms with van der Waals surface area (Å²) in [5.74, 6) is -1.03. The maximum Gasteiger partial charge on any atom is 0.245 e. The maximum absolute atomic E-state index is 13.8. The van der Waals surface area contributed by atoms with Crippen molar-refractivity contribution in [1.29, 1.82) is 5.26 Å². The summed E-state index contributed by atoms with van der Waals surface area (Å²) in [6, 6.07) is 14.4. The van der Waals surface area contributed by atoms with Gasteiger partial charge in [-0.25, -0.2) is 4.39 Å². The van der Waals surface area contributed by atoms with Crippen molar-refractivity contribution >= 4 is 45.0 Å². The van der Waals surface area contributed by atoms with Crippen molar-refractivity contribution < 1.29 is 9.18 Å². The van der Waals surface area contributed by atoms with Gasteiger partial charge < -0.3 is 5.32 Å². The molecule has 124 valence electrons. The van der Waals surface area contributed by atoms with E-state index in [0.717, 1.165) is 15.0 Å². The number of hydrogen-bond acceptors (Lipinski definition) is 3. The molecule has 0 aliphatic carbocycles. The Morgan fingerprint density at radius 2 is 1.96 bits per heavy atom. The number of carbonyl (C=O) groups excluding carboxylic acids is 1. The van der Waals surface area contributed by atoms with Gasteiger partial charge >= 0.3 is 0 Å². The van der Waals surface area contributed by atoms with Gasteiger partial charge in [0.15, 0.2) is 0 Å². The fraction of sp³-hybridized carbons (Fsp3) is 0.0526. The van der Waals surface area contributed by atoms with Crippen molar-refractivity contribution in [1.82, 2.24) is 5.32 Å². The second-order valence-corrected chi connectivity index (χ2v) is 6.66. The summed E-state index contributed by atoms with van der Waals surface area (Å²) in [5.41, 5.74) is 0.131. The molecular formula is C19H12ClFN2OS. The van der Waals surface area contributed by atoms with Crippen LogP contribution in [0.2, 0.25) is 5.02 Å². The fourth-order valence-corrected chi connectivity index (χ4v) is 3.77. The molecule has 0 aliphatic rings. The maximum atomic E-state index is 13.8. The Labute approximate surface area is 153 Å². The van der Waals surface area contributed by atoms with E-state index in [1.165, 1.54) is 35.6 Å². The molecule has 1 amide bonds. The number of benzene rings is 2. The van der Waals surface area contributed by atoms with E-state index >= 15 is 0 Å². The summed E-state index contributed by atoms with van der Waals surface area (Å²) in [6.07, 6.45) is 2.89. The highest BCUT2D eigenvalue weighted by atomic mass is 35.5. The van der Waals surface area contributed by atoms with Gasteiger partial charge in [0.25, 0.3) is 0 Å². The van der Waals surface area contributed by atoms with Crippen LogP contribution in [-0.4, -0.2) is 5.91 Å².